The summed E-state index contributed by atoms with van der Waals surface area (Å²) in [5.41, 5.74) is 1.07. The summed E-state index contributed by atoms with van der Waals surface area (Å²) in [6.07, 6.45) is 4.98. The predicted molar refractivity (Wildman–Crippen MR) is 115 cm³/mol. The summed E-state index contributed by atoms with van der Waals surface area (Å²) >= 11 is 6.30. The van der Waals surface area contributed by atoms with Gasteiger partial charge in [0.25, 0.3) is 5.91 Å². The second-order valence-corrected chi connectivity index (χ2v) is 8.08. The van der Waals surface area contributed by atoms with Crippen LogP contribution in [-0.4, -0.2) is 43.1 Å². The van der Waals surface area contributed by atoms with E-state index in [0.29, 0.717) is 23.9 Å². The van der Waals surface area contributed by atoms with Gasteiger partial charge in [0.1, 0.15) is 11.4 Å². The zero-order valence-corrected chi connectivity index (χ0v) is 18.8. The highest BCUT2D eigenvalue weighted by Crippen LogP contribution is 2.26. The lowest BCUT2D eigenvalue weighted by atomic mass is 9.97. The van der Waals surface area contributed by atoms with E-state index >= 15 is 0 Å². The Morgan fingerprint density at radius 2 is 2.16 bits per heavy atom. The Balaban J connectivity index is 1.70. The highest BCUT2D eigenvalue weighted by atomic mass is 35.5. The van der Waals surface area contributed by atoms with Gasteiger partial charge in [-0.15, -0.1) is 0 Å². The second-order valence-electron chi connectivity index (χ2n) is 7.73. The summed E-state index contributed by atoms with van der Waals surface area (Å²) in [7, 11) is 0. The van der Waals surface area contributed by atoms with Gasteiger partial charge in [0.15, 0.2) is 11.8 Å². The van der Waals surface area contributed by atoms with Crippen molar-refractivity contribution < 1.29 is 14.2 Å². The van der Waals surface area contributed by atoms with Crippen molar-refractivity contribution in [3.8, 4) is 5.69 Å². The first-order valence-electron chi connectivity index (χ1n) is 9.67. The molecule has 0 N–H and O–H groups in total. The smallest absolute Gasteiger partial charge is 0.275 e. The molecule has 0 aromatic carbocycles. The number of nitrogens with zero attached hydrogens (tertiary/aromatic N) is 7. The van der Waals surface area contributed by atoms with Gasteiger partial charge in [-0.1, -0.05) is 42.7 Å². The largest absolute Gasteiger partial charge is 0.387 e. The van der Waals surface area contributed by atoms with E-state index in [1.165, 1.54) is 4.90 Å². The minimum Gasteiger partial charge on any atom is -0.387 e. The standard InChI is InChI=1S/C20H24ClN7O3/c1-6-27(15-11-28(24-17(15)21)14-8-7-9-22-10-14)18(29)13(2)25-30-12-16-23-19(31-26-16)20(3,4)5/h7-11H,6,12H2,1-5H3. The summed E-state index contributed by atoms with van der Waals surface area (Å²) in [5, 5.41) is 12.2. The van der Waals surface area contributed by atoms with E-state index in [-0.39, 0.29) is 28.8 Å². The van der Waals surface area contributed by atoms with Gasteiger partial charge in [0, 0.05) is 18.2 Å². The number of anilines is 1. The molecule has 0 bridgehead atoms. The van der Waals surface area contributed by atoms with Crippen LogP contribution in [0.4, 0.5) is 5.69 Å². The van der Waals surface area contributed by atoms with Gasteiger partial charge >= 0.3 is 0 Å². The summed E-state index contributed by atoms with van der Waals surface area (Å²) < 4.78 is 6.77. The average Bonchev–Trinajstić information content (AvgIpc) is 3.36. The van der Waals surface area contributed by atoms with Crippen molar-refractivity contribution >= 4 is 28.9 Å². The van der Waals surface area contributed by atoms with E-state index in [4.69, 9.17) is 21.0 Å². The van der Waals surface area contributed by atoms with E-state index in [1.54, 1.807) is 36.3 Å². The first kappa shape index (κ1) is 22.4. The zero-order valence-electron chi connectivity index (χ0n) is 18.0. The maximum Gasteiger partial charge on any atom is 0.275 e. The molecule has 3 heterocycles. The van der Waals surface area contributed by atoms with Gasteiger partial charge in [-0.3, -0.25) is 9.78 Å². The number of oxime groups is 1. The number of aromatic nitrogens is 5. The van der Waals surface area contributed by atoms with Crippen molar-refractivity contribution in [2.24, 2.45) is 5.16 Å². The molecule has 1 amide bonds. The van der Waals surface area contributed by atoms with Crippen LogP contribution >= 0.6 is 11.6 Å². The molecule has 0 saturated heterocycles. The molecular weight excluding hydrogens is 422 g/mol. The van der Waals surface area contributed by atoms with Crippen LogP contribution < -0.4 is 4.90 Å². The maximum atomic E-state index is 12.9. The monoisotopic (exact) mass is 445 g/mol. The van der Waals surface area contributed by atoms with Gasteiger partial charge in [0.05, 0.1) is 18.1 Å². The first-order chi connectivity index (χ1) is 14.7. The van der Waals surface area contributed by atoms with E-state index in [9.17, 15) is 4.79 Å². The SMILES string of the molecule is CCN(C(=O)C(C)=NOCc1noc(C(C)(C)C)n1)c1cn(-c2cccnc2)nc1Cl. The van der Waals surface area contributed by atoms with E-state index < -0.39 is 0 Å². The molecule has 3 rings (SSSR count). The third-order valence-corrected chi connectivity index (χ3v) is 4.50. The topological polar surface area (TPSA) is 112 Å². The van der Waals surface area contributed by atoms with Crippen molar-refractivity contribution in [3.63, 3.8) is 0 Å². The molecule has 3 aromatic heterocycles. The van der Waals surface area contributed by atoms with Crippen LogP contribution in [0.3, 0.4) is 0 Å². The molecule has 0 aliphatic heterocycles. The number of amides is 1. The molecular formula is C20H24ClN7O3. The average molecular weight is 446 g/mol. The molecule has 0 aliphatic rings. The van der Waals surface area contributed by atoms with Crippen LogP contribution in [0.15, 0.2) is 40.4 Å². The van der Waals surface area contributed by atoms with Crippen LogP contribution in [-0.2, 0) is 21.7 Å². The van der Waals surface area contributed by atoms with E-state index in [1.807, 2.05) is 33.8 Å². The molecule has 3 aromatic rings. The minimum atomic E-state index is -0.362. The van der Waals surface area contributed by atoms with E-state index in [0.717, 1.165) is 5.69 Å². The van der Waals surface area contributed by atoms with Crippen LogP contribution in [0.1, 0.15) is 46.3 Å². The van der Waals surface area contributed by atoms with Gasteiger partial charge in [-0.25, -0.2) is 4.68 Å². The Morgan fingerprint density at radius 3 is 2.77 bits per heavy atom. The number of pyridine rings is 1. The summed E-state index contributed by atoms with van der Waals surface area (Å²) in [6.45, 7) is 9.63. The Bertz CT molecular complexity index is 1070. The number of carbonyl (C=O) groups is 1. The molecule has 0 saturated carbocycles. The zero-order chi connectivity index (χ0) is 22.6. The number of hydrogen-bond acceptors (Lipinski definition) is 8. The van der Waals surface area contributed by atoms with Gasteiger partial charge in [-0.05, 0) is 26.0 Å². The lowest BCUT2D eigenvalue weighted by Gasteiger charge is -2.18. The fourth-order valence-electron chi connectivity index (χ4n) is 2.61. The molecule has 0 fully saturated rings. The Kier molecular flexibility index (Phi) is 6.69. The first-order valence-corrected chi connectivity index (χ1v) is 10.1. The fraction of sp³-hybridized carbons (Fsp3) is 0.400. The van der Waals surface area contributed by atoms with Crippen LogP contribution in [0, 0.1) is 0 Å². The predicted octanol–water partition coefficient (Wildman–Crippen LogP) is 3.55. The fourth-order valence-corrected chi connectivity index (χ4v) is 2.84. The third-order valence-electron chi connectivity index (χ3n) is 4.23. The number of carbonyl (C=O) groups excluding carboxylic acids is 1. The van der Waals surface area contributed by atoms with Crippen LogP contribution in [0.5, 0.6) is 0 Å². The third kappa shape index (κ3) is 5.26. The summed E-state index contributed by atoms with van der Waals surface area (Å²) in [5.74, 6) is 0.487. The molecule has 0 atom stereocenters. The number of hydrogen-bond donors (Lipinski definition) is 0. The van der Waals surface area contributed by atoms with Crippen LogP contribution in [0.25, 0.3) is 5.69 Å². The summed E-state index contributed by atoms with van der Waals surface area (Å²) in [6, 6.07) is 3.62. The van der Waals surface area contributed by atoms with Gasteiger partial charge < -0.3 is 14.3 Å². The number of rotatable bonds is 7. The Morgan fingerprint density at radius 1 is 1.39 bits per heavy atom. The Labute approximate surface area is 184 Å². The quantitative estimate of drug-likeness (QED) is 0.403. The Hall–Kier alpha value is -3.27. The molecule has 0 spiro atoms. The second kappa shape index (κ2) is 9.25. The maximum absolute atomic E-state index is 12.9. The molecule has 11 heteroatoms. The van der Waals surface area contributed by atoms with Gasteiger partial charge in [0.2, 0.25) is 11.7 Å². The molecule has 0 radical (unpaired) electrons. The van der Waals surface area contributed by atoms with Crippen molar-refractivity contribution in [2.45, 2.75) is 46.6 Å². The molecule has 0 unspecified atom stereocenters. The van der Waals surface area contributed by atoms with Crippen molar-refractivity contribution in [2.75, 3.05) is 11.4 Å². The van der Waals surface area contributed by atoms with E-state index in [2.05, 4.69) is 25.4 Å². The molecule has 31 heavy (non-hydrogen) atoms. The normalized spacial score (nSPS) is 12.1. The lowest BCUT2D eigenvalue weighted by Crippen LogP contribution is -2.35. The van der Waals surface area contributed by atoms with Crippen molar-refractivity contribution in [3.05, 3.63) is 47.6 Å². The summed E-state index contributed by atoms with van der Waals surface area (Å²) in [4.78, 5) is 28.0. The molecule has 10 nitrogen and oxygen atoms in total. The molecule has 164 valence electrons. The highest BCUT2D eigenvalue weighted by Gasteiger charge is 2.24. The highest BCUT2D eigenvalue weighted by molar-refractivity contribution is 6.43. The minimum absolute atomic E-state index is 0.0178. The van der Waals surface area contributed by atoms with Crippen LogP contribution in [0.2, 0.25) is 5.15 Å². The molecule has 0 aliphatic carbocycles. The van der Waals surface area contributed by atoms with Crippen molar-refractivity contribution in [1.29, 1.82) is 0 Å². The van der Waals surface area contributed by atoms with Crippen molar-refractivity contribution in [1.82, 2.24) is 24.9 Å². The lowest BCUT2D eigenvalue weighted by molar-refractivity contribution is -0.112. The number of halogens is 1. The van der Waals surface area contributed by atoms with Gasteiger partial charge in [-0.2, -0.15) is 10.1 Å².